The Hall–Kier alpha value is -3.99. The first-order valence-corrected chi connectivity index (χ1v) is 17.4. The summed E-state index contributed by atoms with van der Waals surface area (Å²) >= 11 is 7.99. The molecular weight excluding hydrogens is 660 g/mol. The largest absolute Gasteiger partial charge is 0.489 e. The predicted molar refractivity (Wildman–Crippen MR) is 181 cm³/mol. The fourth-order valence-electron chi connectivity index (χ4n) is 8.27. The number of carbonyl (C=O) groups excluding carboxylic acids is 1. The molecule has 3 saturated heterocycles. The summed E-state index contributed by atoms with van der Waals surface area (Å²) in [6.07, 6.45) is 3.89. The van der Waals surface area contributed by atoms with Gasteiger partial charge in [-0.1, -0.05) is 24.6 Å². The van der Waals surface area contributed by atoms with E-state index in [0.29, 0.717) is 37.9 Å². The van der Waals surface area contributed by atoms with Crippen molar-refractivity contribution in [3.05, 3.63) is 34.4 Å². The number of amides is 1. The van der Waals surface area contributed by atoms with Gasteiger partial charge in [-0.2, -0.15) is 15.2 Å². The van der Waals surface area contributed by atoms with Crippen molar-refractivity contribution in [3.63, 3.8) is 0 Å². The average Bonchev–Trinajstić information content (AvgIpc) is 3.67. The first kappa shape index (κ1) is 31.3. The molecule has 14 heteroatoms. The number of anilines is 2. The number of rotatable bonds is 4. The monoisotopic (exact) mass is 693 g/mol. The molecule has 4 aliphatic rings. The third-order valence-electron chi connectivity index (χ3n) is 10.5. The van der Waals surface area contributed by atoms with Crippen molar-refractivity contribution in [3.8, 4) is 29.0 Å². The van der Waals surface area contributed by atoms with E-state index in [-0.39, 0.29) is 83.9 Å². The zero-order valence-corrected chi connectivity index (χ0v) is 28.2. The number of aromatic nitrogens is 2. The van der Waals surface area contributed by atoms with E-state index in [1.54, 1.807) is 11.9 Å². The molecule has 2 N–H and O–H groups in total. The molecule has 0 bridgehead atoms. The van der Waals surface area contributed by atoms with Crippen LogP contribution < -0.4 is 20.1 Å². The summed E-state index contributed by atoms with van der Waals surface area (Å²) in [6, 6.07) is 4.25. The molecule has 0 saturated carbocycles. The number of thiophene rings is 1. The first-order valence-electron chi connectivity index (χ1n) is 16.2. The summed E-state index contributed by atoms with van der Waals surface area (Å²) in [6.45, 7) is 5.79. The van der Waals surface area contributed by atoms with E-state index in [0.717, 1.165) is 43.7 Å². The highest BCUT2D eigenvalue weighted by Gasteiger charge is 2.48. The standard InChI is InChI=1S/C34H34ClF2N7O3S/c1-17-12-34(7-3-9-43(34)14-17)16-47-33-40-28-25-29(46-15-18-11-22(45)42(2)8-4-10-44(18)32(25)41-33)26(35)24(27(28)37)19-5-6-21(36)30-23(19)20(13-38)31(39)48-30/h5-6,17-18H,3-4,7-12,14-16,39H2,1-2H3/t17-,18?,34+/m1/s1. The SMILES string of the molecule is C[C@H]1CN2CCC[C@@]2(COc2nc3c4c(c(Cl)c(-c5ccc(F)c6sc(N)c(C#N)c56)c(F)c4n2)OCC2CC(=O)N(C)CCCN32)C1. The van der Waals surface area contributed by atoms with Gasteiger partial charge in [0, 0.05) is 37.6 Å². The molecule has 8 rings (SSSR count). The zero-order chi connectivity index (χ0) is 33.5. The molecule has 6 heterocycles. The van der Waals surface area contributed by atoms with Crippen molar-refractivity contribution in [1.82, 2.24) is 19.8 Å². The second kappa shape index (κ2) is 11.6. The van der Waals surface area contributed by atoms with Gasteiger partial charge in [0.05, 0.1) is 38.7 Å². The van der Waals surface area contributed by atoms with Gasteiger partial charge in [-0.05, 0) is 49.8 Å². The number of hydrogen-bond donors (Lipinski definition) is 1. The molecule has 10 nitrogen and oxygen atoms in total. The molecule has 4 aromatic rings. The summed E-state index contributed by atoms with van der Waals surface area (Å²) in [5.74, 6) is -0.330. The lowest BCUT2D eigenvalue weighted by atomic mass is 9.92. The maximum atomic E-state index is 17.2. The lowest BCUT2D eigenvalue weighted by molar-refractivity contribution is -0.130. The summed E-state index contributed by atoms with van der Waals surface area (Å²) in [5, 5.41) is 10.4. The van der Waals surface area contributed by atoms with Crippen molar-refractivity contribution in [2.75, 3.05) is 57.1 Å². The van der Waals surface area contributed by atoms with E-state index >= 15 is 8.78 Å². The van der Waals surface area contributed by atoms with Gasteiger partial charge in [0.25, 0.3) is 0 Å². The van der Waals surface area contributed by atoms with E-state index in [2.05, 4.69) is 16.8 Å². The molecule has 250 valence electrons. The third-order valence-corrected chi connectivity index (χ3v) is 11.9. The Morgan fingerprint density at radius 3 is 2.88 bits per heavy atom. The molecule has 1 unspecified atom stereocenters. The van der Waals surface area contributed by atoms with Gasteiger partial charge in [-0.25, -0.2) is 8.78 Å². The minimum absolute atomic E-state index is 0.0179. The van der Waals surface area contributed by atoms with Crippen LogP contribution >= 0.6 is 22.9 Å². The maximum absolute atomic E-state index is 17.2. The molecule has 4 aliphatic heterocycles. The van der Waals surface area contributed by atoms with E-state index in [9.17, 15) is 10.1 Å². The van der Waals surface area contributed by atoms with Gasteiger partial charge in [0.2, 0.25) is 5.91 Å². The van der Waals surface area contributed by atoms with Crippen molar-refractivity contribution in [1.29, 1.82) is 5.26 Å². The van der Waals surface area contributed by atoms with Crippen LogP contribution in [0, 0.1) is 28.9 Å². The quantitative estimate of drug-likeness (QED) is 0.276. The van der Waals surface area contributed by atoms with Crippen LogP contribution in [0.3, 0.4) is 0 Å². The van der Waals surface area contributed by atoms with Crippen LogP contribution in [0.15, 0.2) is 12.1 Å². The minimum Gasteiger partial charge on any atom is -0.489 e. The second-order valence-electron chi connectivity index (χ2n) is 13.5. The van der Waals surface area contributed by atoms with Crippen molar-refractivity contribution in [2.45, 2.75) is 50.6 Å². The average molecular weight is 694 g/mol. The smallest absolute Gasteiger partial charge is 0.319 e. The van der Waals surface area contributed by atoms with Crippen LogP contribution in [-0.2, 0) is 4.79 Å². The van der Waals surface area contributed by atoms with E-state index in [1.807, 2.05) is 11.0 Å². The lowest BCUT2D eigenvalue weighted by Gasteiger charge is -2.35. The van der Waals surface area contributed by atoms with Gasteiger partial charge < -0.3 is 25.0 Å². The van der Waals surface area contributed by atoms with Gasteiger partial charge in [-0.3, -0.25) is 9.69 Å². The van der Waals surface area contributed by atoms with Crippen LogP contribution in [0.1, 0.15) is 44.6 Å². The highest BCUT2D eigenvalue weighted by molar-refractivity contribution is 7.23. The topological polar surface area (TPSA) is 121 Å². The highest BCUT2D eigenvalue weighted by atomic mass is 35.5. The van der Waals surface area contributed by atoms with E-state index < -0.39 is 17.7 Å². The number of hydrogen-bond acceptors (Lipinski definition) is 10. The number of nitriles is 1. The first-order chi connectivity index (χ1) is 23.1. The molecule has 1 amide bonds. The fourth-order valence-corrected chi connectivity index (χ4v) is 9.55. The molecule has 0 radical (unpaired) electrons. The molecule has 2 aromatic carbocycles. The highest BCUT2D eigenvalue weighted by Crippen LogP contribution is 2.51. The normalized spacial score (nSPS) is 24.2. The Kier molecular flexibility index (Phi) is 7.54. The molecule has 0 spiro atoms. The van der Waals surface area contributed by atoms with Gasteiger partial charge in [-0.15, -0.1) is 11.3 Å². The Morgan fingerprint density at radius 1 is 1.23 bits per heavy atom. The molecule has 0 aliphatic carbocycles. The number of carbonyl (C=O) groups is 1. The van der Waals surface area contributed by atoms with Crippen LogP contribution in [0.4, 0.5) is 19.6 Å². The number of ether oxygens (including phenoxy) is 2. The van der Waals surface area contributed by atoms with Crippen LogP contribution in [0.5, 0.6) is 11.8 Å². The van der Waals surface area contributed by atoms with Gasteiger partial charge in [0.15, 0.2) is 11.6 Å². The zero-order valence-electron chi connectivity index (χ0n) is 26.6. The summed E-state index contributed by atoms with van der Waals surface area (Å²) in [7, 11) is 1.78. The lowest BCUT2D eigenvalue weighted by Crippen LogP contribution is -2.47. The maximum Gasteiger partial charge on any atom is 0.319 e. The number of fused-ring (bicyclic) bond motifs is 4. The molecule has 2 aromatic heterocycles. The summed E-state index contributed by atoms with van der Waals surface area (Å²) in [4.78, 5) is 28.8. The summed E-state index contributed by atoms with van der Waals surface area (Å²) < 4.78 is 45.2. The minimum atomic E-state index is -0.783. The van der Waals surface area contributed by atoms with Crippen LogP contribution in [0.2, 0.25) is 5.02 Å². The number of nitrogen functional groups attached to an aromatic ring is 1. The van der Waals surface area contributed by atoms with Crippen molar-refractivity contribution in [2.24, 2.45) is 5.92 Å². The van der Waals surface area contributed by atoms with Crippen LogP contribution in [0.25, 0.3) is 32.1 Å². The molecule has 48 heavy (non-hydrogen) atoms. The van der Waals surface area contributed by atoms with Crippen LogP contribution in [-0.4, -0.2) is 83.7 Å². The second-order valence-corrected chi connectivity index (χ2v) is 15.0. The van der Waals surface area contributed by atoms with E-state index in [1.165, 1.54) is 12.1 Å². The predicted octanol–water partition coefficient (Wildman–Crippen LogP) is 5.97. The van der Waals surface area contributed by atoms with E-state index in [4.69, 9.17) is 31.8 Å². The van der Waals surface area contributed by atoms with Gasteiger partial charge in [0.1, 0.15) is 41.4 Å². The van der Waals surface area contributed by atoms with Crippen molar-refractivity contribution < 1.29 is 23.0 Å². The Labute approximate surface area is 285 Å². The number of nitrogens with two attached hydrogens (primary N) is 1. The molecular formula is C34H34ClF2N7O3S. The molecule has 3 fully saturated rings. The number of benzene rings is 2. The Bertz CT molecular complexity index is 2050. The fraction of sp³-hybridized carbons (Fsp3) is 0.471. The number of halogens is 3. The summed E-state index contributed by atoms with van der Waals surface area (Å²) in [5.41, 5.74) is 6.05. The van der Waals surface area contributed by atoms with Crippen molar-refractivity contribution >= 4 is 60.7 Å². The third kappa shape index (κ3) is 4.75. The Morgan fingerprint density at radius 2 is 2.06 bits per heavy atom. The van der Waals surface area contributed by atoms with Gasteiger partial charge >= 0.3 is 6.01 Å². The number of nitrogens with zero attached hydrogens (tertiary/aromatic N) is 6. The molecule has 3 atom stereocenters. The Balaban J connectivity index is 1.34.